The monoisotopic (exact) mass is 330 g/mol. The third-order valence-corrected chi connectivity index (χ3v) is 4.36. The number of fused-ring (bicyclic) bond motifs is 1. The van der Waals surface area contributed by atoms with Crippen LogP contribution in [0.4, 0.5) is 5.69 Å². The second-order valence-electron chi connectivity index (χ2n) is 5.48. The van der Waals surface area contributed by atoms with Gasteiger partial charge in [0.2, 0.25) is 5.91 Å². The Morgan fingerprint density at radius 3 is 2.81 bits per heavy atom. The van der Waals surface area contributed by atoms with Gasteiger partial charge in [-0.3, -0.25) is 4.79 Å². The summed E-state index contributed by atoms with van der Waals surface area (Å²) in [5, 5.41) is 7.10. The summed E-state index contributed by atoms with van der Waals surface area (Å²) in [6, 6.07) is 7.54. The molecule has 6 heteroatoms. The van der Waals surface area contributed by atoms with Gasteiger partial charge in [0, 0.05) is 29.2 Å². The van der Waals surface area contributed by atoms with Crippen molar-refractivity contribution in [2.75, 3.05) is 18.5 Å². The summed E-state index contributed by atoms with van der Waals surface area (Å²) >= 11 is 5.84. The van der Waals surface area contributed by atoms with Crippen molar-refractivity contribution in [1.29, 1.82) is 0 Å². The summed E-state index contributed by atoms with van der Waals surface area (Å²) in [5.41, 5.74) is 0.800. The van der Waals surface area contributed by atoms with E-state index in [2.05, 4.69) is 10.6 Å². The quantitative estimate of drug-likeness (QED) is 0.876. The van der Waals surface area contributed by atoms with Crippen LogP contribution in [0.5, 0.6) is 0 Å². The molecule has 2 aliphatic rings. The van der Waals surface area contributed by atoms with Gasteiger partial charge in [-0.1, -0.05) is 11.6 Å². The van der Waals surface area contributed by atoms with E-state index in [4.69, 9.17) is 16.3 Å². The Labute approximate surface area is 136 Å². The Balaban J connectivity index is 0.00000161. The molecule has 0 aromatic heterocycles. The smallest absolute Gasteiger partial charge is 0.227 e. The number of carbonyl (C=O) groups excluding carboxylic acids is 1. The van der Waals surface area contributed by atoms with E-state index in [0.29, 0.717) is 11.1 Å². The molecule has 3 rings (SSSR count). The van der Waals surface area contributed by atoms with E-state index in [1.807, 2.05) is 12.1 Å². The zero-order valence-electron chi connectivity index (χ0n) is 11.7. The second-order valence-corrected chi connectivity index (χ2v) is 5.91. The van der Waals surface area contributed by atoms with Crippen LogP contribution in [-0.2, 0) is 9.53 Å². The molecule has 0 bridgehead atoms. The van der Waals surface area contributed by atoms with Gasteiger partial charge in [-0.2, -0.15) is 0 Å². The van der Waals surface area contributed by atoms with Crippen LogP contribution in [0, 0.1) is 5.92 Å². The molecule has 1 aromatic carbocycles. The molecule has 0 unspecified atom stereocenters. The summed E-state index contributed by atoms with van der Waals surface area (Å²) in [6.45, 7) is 1.66. The molecule has 1 heterocycles. The summed E-state index contributed by atoms with van der Waals surface area (Å²) in [7, 11) is 0. The Kier molecular flexibility index (Phi) is 5.88. The fourth-order valence-corrected chi connectivity index (χ4v) is 3.15. The Hall–Kier alpha value is -0.810. The summed E-state index contributed by atoms with van der Waals surface area (Å²) in [4.78, 5) is 12.3. The van der Waals surface area contributed by atoms with Crippen molar-refractivity contribution in [3.63, 3.8) is 0 Å². The second kappa shape index (κ2) is 7.45. The Morgan fingerprint density at radius 2 is 2.05 bits per heavy atom. The van der Waals surface area contributed by atoms with E-state index < -0.39 is 0 Å². The molecule has 1 amide bonds. The van der Waals surface area contributed by atoms with Crippen molar-refractivity contribution in [2.24, 2.45) is 5.92 Å². The predicted molar refractivity (Wildman–Crippen MR) is 86.2 cm³/mol. The average Bonchev–Trinajstić information content (AvgIpc) is 2.49. The van der Waals surface area contributed by atoms with E-state index in [1.54, 1.807) is 12.1 Å². The molecule has 0 spiro atoms. The van der Waals surface area contributed by atoms with Crippen LogP contribution >= 0.6 is 24.0 Å². The summed E-state index contributed by atoms with van der Waals surface area (Å²) < 4.78 is 5.73. The zero-order chi connectivity index (χ0) is 13.9. The number of anilines is 1. The van der Waals surface area contributed by atoms with Crippen molar-refractivity contribution < 1.29 is 9.53 Å². The van der Waals surface area contributed by atoms with Crippen molar-refractivity contribution in [2.45, 2.75) is 31.4 Å². The Morgan fingerprint density at radius 1 is 1.29 bits per heavy atom. The van der Waals surface area contributed by atoms with Gasteiger partial charge in [-0.05, 0) is 43.5 Å². The van der Waals surface area contributed by atoms with E-state index in [-0.39, 0.29) is 30.3 Å². The van der Waals surface area contributed by atoms with Crippen molar-refractivity contribution >= 4 is 35.6 Å². The molecule has 1 aromatic rings. The van der Waals surface area contributed by atoms with Crippen LogP contribution in [0.3, 0.4) is 0 Å². The topological polar surface area (TPSA) is 50.4 Å². The number of carbonyl (C=O) groups is 1. The summed E-state index contributed by atoms with van der Waals surface area (Å²) in [6.07, 6.45) is 2.98. The van der Waals surface area contributed by atoms with Gasteiger partial charge >= 0.3 is 0 Å². The van der Waals surface area contributed by atoms with E-state index >= 15 is 0 Å². The maximum absolute atomic E-state index is 12.3. The number of hydrogen-bond acceptors (Lipinski definition) is 3. The van der Waals surface area contributed by atoms with Gasteiger partial charge in [-0.15, -0.1) is 12.4 Å². The van der Waals surface area contributed by atoms with E-state index in [1.165, 1.54) is 0 Å². The number of hydrogen-bond donors (Lipinski definition) is 2. The van der Waals surface area contributed by atoms with E-state index in [9.17, 15) is 4.79 Å². The highest BCUT2D eigenvalue weighted by Crippen LogP contribution is 2.29. The van der Waals surface area contributed by atoms with Crippen LogP contribution in [0.25, 0.3) is 0 Å². The average molecular weight is 331 g/mol. The minimum Gasteiger partial charge on any atom is -0.375 e. The van der Waals surface area contributed by atoms with Crippen LogP contribution in [0.1, 0.15) is 19.3 Å². The number of amides is 1. The minimum atomic E-state index is 0. The molecule has 21 heavy (non-hydrogen) atoms. The lowest BCUT2D eigenvalue weighted by atomic mass is 9.82. The molecular weight excluding hydrogens is 311 g/mol. The molecule has 1 aliphatic carbocycles. The lowest BCUT2D eigenvalue weighted by Crippen LogP contribution is -2.52. The maximum atomic E-state index is 12.3. The van der Waals surface area contributed by atoms with Gasteiger partial charge in [0.25, 0.3) is 0 Å². The number of halogens is 2. The third-order valence-electron chi connectivity index (χ3n) is 4.11. The number of benzene rings is 1. The molecule has 1 saturated carbocycles. The van der Waals surface area contributed by atoms with Crippen LogP contribution in [0.15, 0.2) is 24.3 Å². The standard InChI is InChI=1S/C15H19ClN2O2.ClH/c16-11-2-4-12(5-3-11)18-15(19)10-1-6-14-13(9-10)17-7-8-20-14;/h2-5,10,13-14,17H,1,6-9H2,(H,18,19);1H/t10-,13+,14+;/m0./s1. The highest BCUT2D eigenvalue weighted by molar-refractivity contribution is 6.30. The number of nitrogens with one attached hydrogen (secondary N) is 2. The molecule has 0 radical (unpaired) electrons. The molecule has 2 fully saturated rings. The molecule has 1 aliphatic heterocycles. The van der Waals surface area contributed by atoms with Crippen molar-refractivity contribution in [3.05, 3.63) is 29.3 Å². The summed E-state index contributed by atoms with van der Waals surface area (Å²) in [5.74, 6) is 0.152. The van der Waals surface area contributed by atoms with Crippen LogP contribution < -0.4 is 10.6 Å². The van der Waals surface area contributed by atoms with Gasteiger partial charge in [0.15, 0.2) is 0 Å². The lowest BCUT2D eigenvalue weighted by molar-refractivity contribution is -0.123. The minimum absolute atomic E-state index is 0. The molecule has 116 valence electrons. The van der Waals surface area contributed by atoms with Crippen LogP contribution in [-0.4, -0.2) is 31.2 Å². The molecule has 3 atom stereocenters. The highest BCUT2D eigenvalue weighted by Gasteiger charge is 2.35. The first kappa shape index (κ1) is 16.6. The number of rotatable bonds is 2. The first-order valence-electron chi connectivity index (χ1n) is 7.14. The first-order valence-corrected chi connectivity index (χ1v) is 7.51. The Bertz CT molecular complexity index is 481. The van der Waals surface area contributed by atoms with Gasteiger partial charge < -0.3 is 15.4 Å². The van der Waals surface area contributed by atoms with Gasteiger partial charge in [0.05, 0.1) is 12.7 Å². The molecule has 2 N–H and O–H groups in total. The number of ether oxygens (including phenoxy) is 1. The SMILES string of the molecule is Cl.O=C(Nc1ccc(Cl)cc1)[C@H]1CC[C@H]2OCCN[C@@H]2C1. The van der Waals surface area contributed by atoms with Crippen molar-refractivity contribution in [3.8, 4) is 0 Å². The van der Waals surface area contributed by atoms with Crippen LogP contribution in [0.2, 0.25) is 5.02 Å². The fourth-order valence-electron chi connectivity index (χ4n) is 3.03. The molecule has 1 saturated heterocycles. The fraction of sp³-hybridized carbons (Fsp3) is 0.533. The highest BCUT2D eigenvalue weighted by atomic mass is 35.5. The number of morpholine rings is 1. The molecular formula is C15H20Cl2N2O2. The predicted octanol–water partition coefficient (Wildman–Crippen LogP) is 2.86. The first-order chi connectivity index (χ1) is 9.72. The maximum Gasteiger partial charge on any atom is 0.227 e. The molecule has 4 nitrogen and oxygen atoms in total. The largest absolute Gasteiger partial charge is 0.375 e. The normalized spacial score (nSPS) is 28.1. The van der Waals surface area contributed by atoms with Gasteiger partial charge in [-0.25, -0.2) is 0 Å². The van der Waals surface area contributed by atoms with Crippen molar-refractivity contribution in [1.82, 2.24) is 5.32 Å². The third kappa shape index (κ3) is 4.10. The lowest BCUT2D eigenvalue weighted by Gasteiger charge is -2.39. The zero-order valence-corrected chi connectivity index (χ0v) is 13.3. The van der Waals surface area contributed by atoms with Gasteiger partial charge in [0.1, 0.15) is 0 Å². The van der Waals surface area contributed by atoms with E-state index in [0.717, 1.165) is 38.1 Å².